The fourth-order valence-electron chi connectivity index (χ4n) is 3.82. The number of rotatable bonds is 14. The minimum Gasteiger partial charge on any atom is -0.497 e. The van der Waals surface area contributed by atoms with Gasteiger partial charge in [-0.25, -0.2) is 4.68 Å². The SMILES string of the molecule is C=CCOC[C@H](O)CN(Cc1c(C)nn(-c2ccccc2)c1Oc1cccc(OC)c1)[C@@H](C)CC. The maximum absolute atomic E-state index is 10.6. The van der Waals surface area contributed by atoms with Crippen LogP contribution in [0.5, 0.6) is 17.4 Å². The van der Waals surface area contributed by atoms with Crippen LogP contribution in [0, 0.1) is 6.92 Å². The molecule has 7 heteroatoms. The molecule has 35 heavy (non-hydrogen) atoms. The van der Waals surface area contributed by atoms with Crippen molar-refractivity contribution in [2.45, 2.75) is 45.9 Å². The number of para-hydroxylation sites is 1. The lowest BCUT2D eigenvalue weighted by Crippen LogP contribution is -2.40. The number of aromatic nitrogens is 2. The number of ether oxygens (including phenoxy) is 3. The molecular formula is C28H37N3O4. The number of aryl methyl sites for hydroxylation is 1. The van der Waals surface area contributed by atoms with Crippen LogP contribution in [0.1, 0.15) is 31.5 Å². The smallest absolute Gasteiger partial charge is 0.227 e. The third kappa shape index (κ3) is 7.18. The molecule has 1 aromatic heterocycles. The van der Waals surface area contributed by atoms with Crippen LogP contribution < -0.4 is 9.47 Å². The van der Waals surface area contributed by atoms with Crippen molar-refractivity contribution < 1.29 is 19.3 Å². The van der Waals surface area contributed by atoms with E-state index < -0.39 is 6.10 Å². The largest absolute Gasteiger partial charge is 0.497 e. The second-order valence-corrected chi connectivity index (χ2v) is 8.56. The van der Waals surface area contributed by atoms with Gasteiger partial charge in [0.05, 0.1) is 43.4 Å². The van der Waals surface area contributed by atoms with Crippen molar-refractivity contribution in [2.24, 2.45) is 0 Å². The van der Waals surface area contributed by atoms with E-state index in [0.717, 1.165) is 29.1 Å². The summed E-state index contributed by atoms with van der Waals surface area (Å²) in [5.74, 6) is 2.03. The average molecular weight is 480 g/mol. The second kappa shape index (κ2) is 13.1. The Labute approximate surface area is 208 Å². The van der Waals surface area contributed by atoms with E-state index in [2.05, 4.69) is 25.3 Å². The number of aliphatic hydroxyl groups excluding tert-OH is 1. The maximum Gasteiger partial charge on any atom is 0.227 e. The van der Waals surface area contributed by atoms with Crippen molar-refractivity contribution in [3.05, 3.63) is 78.5 Å². The van der Waals surface area contributed by atoms with Crippen LogP contribution in [0.25, 0.3) is 5.69 Å². The van der Waals surface area contributed by atoms with E-state index in [1.54, 1.807) is 13.2 Å². The fourth-order valence-corrected chi connectivity index (χ4v) is 3.82. The van der Waals surface area contributed by atoms with Gasteiger partial charge >= 0.3 is 0 Å². The van der Waals surface area contributed by atoms with E-state index in [0.29, 0.717) is 31.3 Å². The Bertz CT molecular complexity index is 1070. The molecule has 188 valence electrons. The van der Waals surface area contributed by atoms with Gasteiger partial charge in [0.1, 0.15) is 11.5 Å². The van der Waals surface area contributed by atoms with Gasteiger partial charge in [-0.05, 0) is 44.5 Å². The summed E-state index contributed by atoms with van der Waals surface area (Å²) in [6, 6.07) is 17.7. The van der Waals surface area contributed by atoms with Gasteiger partial charge in [0.25, 0.3) is 0 Å². The Kier molecular flexibility index (Phi) is 9.90. The average Bonchev–Trinajstić information content (AvgIpc) is 3.18. The van der Waals surface area contributed by atoms with Crippen molar-refractivity contribution in [3.63, 3.8) is 0 Å². The van der Waals surface area contributed by atoms with Crippen LogP contribution in [0.2, 0.25) is 0 Å². The Balaban J connectivity index is 1.96. The third-order valence-corrected chi connectivity index (χ3v) is 5.96. The Morgan fingerprint density at radius 3 is 2.57 bits per heavy atom. The van der Waals surface area contributed by atoms with Crippen molar-refractivity contribution in [1.82, 2.24) is 14.7 Å². The minimum atomic E-state index is -0.615. The highest BCUT2D eigenvalue weighted by atomic mass is 16.5. The van der Waals surface area contributed by atoms with Gasteiger partial charge < -0.3 is 19.3 Å². The summed E-state index contributed by atoms with van der Waals surface area (Å²) in [5, 5.41) is 15.4. The molecule has 0 fully saturated rings. The van der Waals surface area contributed by atoms with Crippen LogP contribution >= 0.6 is 0 Å². The highest BCUT2D eigenvalue weighted by Gasteiger charge is 2.24. The summed E-state index contributed by atoms with van der Waals surface area (Å²) in [5.41, 5.74) is 2.75. The molecule has 0 spiro atoms. The molecule has 0 aliphatic carbocycles. The number of benzene rings is 2. The predicted octanol–water partition coefficient (Wildman–Crippen LogP) is 5.15. The van der Waals surface area contributed by atoms with E-state index >= 15 is 0 Å². The summed E-state index contributed by atoms with van der Waals surface area (Å²) in [7, 11) is 1.64. The molecule has 0 radical (unpaired) electrons. The topological polar surface area (TPSA) is 69.0 Å². The molecule has 3 rings (SSSR count). The first-order chi connectivity index (χ1) is 17.0. The molecule has 0 aliphatic rings. The van der Waals surface area contributed by atoms with E-state index in [1.807, 2.05) is 66.2 Å². The van der Waals surface area contributed by atoms with Gasteiger partial charge in [-0.15, -0.1) is 6.58 Å². The third-order valence-electron chi connectivity index (χ3n) is 5.96. The number of hydrogen-bond donors (Lipinski definition) is 1. The summed E-state index contributed by atoms with van der Waals surface area (Å²) in [6.45, 7) is 11.7. The zero-order valence-corrected chi connectivity index (χ0v) is 21.2. The van der Waals surface area contributed by atoms with Gasteiger partial charge in [-0.1, -0.05) is 37.3 Å². The standard InChI is InChI=1S/C28H37N3O4/c1-6-16-34-20-24(32)18-30(21(3)7-2)19-27-22(4)29-31(23-12-9-8-10-13-23)28(27)35-26-15-11-14-25(17-26)33-5/h6,8-15,17,21,24,32H,1,7,16,18-20H2,2-5H3/t21-,24+/m0/s1. The van der Waals surface area contributed by atoms with E-state index in [-0.39, 0.29) is 12.6 Å². The number of methoxy groups -OCH3 is 1. The molecule has 0 saturated heterocycles. The van der Waals surface area contributed by atoms with Gasteiger partial charge in [0.2, 0.25) is 5.88 Å². The van der Waals surface area contributed by atoms with Crippen LogP contribution in [-0.4, -0.2) is 58.8 Å². The van der Waals surface area contributed by atoms with Crippen LogP contribution in [-0.2, 0) is 11.3 Å². The first-order valence-corrected chi connectivity index (χ1v) is 12.0. The maximum atomic E-state index is 10.6. The number of aliphatic hydroxyl groups is 1. The summed E-state index contributed by atoms with van der Waals surface area (Å²) >= 11 is 0. The quantitative estimate of drug-likeness (QED) is 0.255. The zero-order chi connectivity index (χ0) is 25.2. The zero-order valence-electron chi connectivity index (χ0n) is 21.2. The van der Waals surface area contributed by atoms with Crippen molar-refractivity contribution in [3.8, 4) is 23.1 Å². The molecule has 2 atom stereocenters. The highest BCUT2D eigenvalue weighted by molar-refractivity contribution is 5.44. The molecule has 0 bridgehead atoms. The molecule has 3 aromatic rings. The molecule has 1 N–H and O–H groups in total. The molecule has 0 amide bonds. The monoisotopic (exact) mass is 479 g/mol. The molecule has 0 unspecified atom stereocenters. The van der Waals surface area contributed by atoms with Crippen molar-refractivity contribution in [1.29, 1.82) is 0 Å². The summed E-state index contributed by atoms with van der Waals surface area (Å²) in [4.78, 5) is 2.25. The molecule has 0 aliphatic heterocycles. The van der Waals surface area contributed by atoms with Gasteiger partial charge in [0, 0.05) is 25.2 Å². The molecule has 2 aromatic carbocycles. The fraction of sp³-hybridized carbons (Fsp3) is 0.393. The minimum absolute atomic E-state index is 0.244. The highest BCUT2D eigenvalue weighted by Crippen LogP contribution is 2.33. The number of nitrogens with zero attached hydrogens (tertiary/aromatic N) is 3. The Hall–Kier alpha value is -3.13. The van der Waals surface area contributed by atoms with Gasteiger partial charge in [-0.3, -0.25) is 4.90 Å². The van der Waals surface area contributed by atoms with E-state index in [1.165, 1.54) is 0 Å². The van der Waals surface area contributed by atoms with Crippen LogP contribution in [0.15, 0.2) is 67.3 Å². The number of hydrogen-bond acceptors (Lipinski definition) is 6. The Morgan fingerprint density at radius 2 is 1.89 bits per heavy atom. The lowest BCUT2D eigenvalue weighted by atomic mass is 10.1. The van der Waals surface area contributed by atoms with Crippen LogP contribution in [0.3, 0.4) is 0 Å². The first kappa shape index (κ1) is 26.5. The molecule has 7 nitrogen and oxygen atoms in total. The summed E-state index contributed by atoms with van der Waals surface area (Å²) < 4.78 is 19.1. The first-order valence-electron chi connectivity index (χ1n) is 12.0. The molecular weight excluding hydrogens is 442 g/mol. The van der Waals surface area contributed by atoms with Gasteiger partial charge in [-0.2, -0.15) is 5.10 Å². The van der Waals surface area contributed by atoms with Crippen LogP contribution in [0.4, 0.5) is 0 Å². The summed E-state index contributed by atoms with van der Waals surface area (Å²) in [6.07, 6.45) is 2.01. The van der Waals surface area contributed by atoms with E-state index in [9.17, 15) is 5.11 Å². The lowest BCUT2D eigenvalue weighted by molar-refractivity contribution is 0.0155. The Morgan fingerprint density at radius 1 is 1.14 bits per heavy atom. The predicted molar refractivity (Wildman–Crippen MR) is 139 cm³/mol. The van der Waals surface area contributed by atoms with Crippen molar-refractivity contribution >= 4 is 0 Å². The van der Waals surface area contributed by atoms with E-state index in [4.69, 9.17) is 19.3 Å². The van der Waals surface area contributed by atoms with Gasteiger partial charge in [0.15, 0.2) is 0 Å². The lowest BCUT2D eigenvalue weighted by Gasteiger charge is -2.30. The second-order valence-electron chi connectivity index (χ2n) is 8.56. The normalized spacial score (nSPS) is 13.0. The molecule has 0 saturated carbocycles. The van der Waals surface area contributed by atoms with Crippen molar-refractivity contribution in [2.75, 3.05) is 26.9 Å². The molecule has 1 heterocycles.